The predicted octanol–water partition coefficient (Wildman–Crippen LogP) is 11.1. The van der Waals surface area contributed by atoms with Crippen LogP contribution in [0.1, 0.15) is 47.5 Å². The second kappa shape index (κ2) is 12.6. The van der Waals surface area contributed by atoms with Gasteiger partial charge in [0.25, 0.3) is 0 Å². The minimum Gasteiger partial charge on any atom is -0.252 e. The maximum Gasteiger partial charge on any atom is 0.223 e. The highest BCUT2D eigenvalue weighted by Gasteiger charge is 2.30. The van der Waals surface area contributed by atoms with Crippen LogP contribution in [0.2, 0.25) is 10.3 Å². The van der Waals surface area contributed by atoms with Crippen molar-refractivity contribution in [2.24, 2.45) is 0 Å². The summed E-state index contributed by atoms with van der Waals surface area (Å²) >= 11 is 12.0. The lowest BCUT2D eigenvalue weighted by atomic mass is 9.81. The molecule has 236 valence electrons. The topological polar surface area (TPSA) is 51.6 Å². The smallest absolute Gasteiger partial charge is 0.223 e. The first-order valence-corrected chi connectivity index (χ1v) is 15.9. The van der Waals surface area contributed by atoms with E-state index in [2.05, 4.69) is 9.97 Å². The van der Waals surface area contributed by atoms with Gasteiger partial charge in [-0.2, -0.15) is 8.78 Å². The quantitative estimate of drug-likeness (QED) is 0.166. The Morgan fingerprint density at radius 2 is 0.872 bits per heavy atom. The Bertz CT molecular complexity index is 1990. The van der Waals surface area contributed by atoms with Crippen LogP contribution >= 0.6 is 23.2 Å². The molecule has 4 nitrogen and oxygen atoms in total. The second-order valence-electron chi connectivity index (χ2n) is 12.4. The number of aryl methyl sites for hydroxylation is 4. The molecule has 0 N–H and O–H groups in total. The Balaban J connectivity index is 1.63. The van der Waals surface area contributed by atoms with E-state index in [1.165, 1.54) is 0 Å². The third kappa shape index (κ3) is 6.28. The van der Waals surface area contributed by atoms with Gasteiger partial charge in [0.1, 0.15) is 10.3 Å². The first-order valence-electron chi connectivity index (χ1n) is 15.2. The van der Waals surface area contributed by atoms with Crippen LogP contribution in [0.15, 0.2) is 84.9 Å². The Hall–Kier alpha value is -4.52. The van der Waals surface area contributed by atoms with Gasteiger partial charge < -0.3 is 0 Å². The lowest BCUT2D eigenvalue weighted by molar-refractivity contribution is 0.581. The summed E-state index contributed by atoms with van der Waals surface area (Å²) in [5, 5.41) is 0.114. The molecule has 0 saturated carbocycles. The summed E-state index contributed by atoms with van der Waals surface area (Å²) in [6.07, 6.45) is 0. The molecule has 4 aromatic heterocycles. The fourth-order valence-corrected chi connectivity index (χ4v) is 6.42. The molecule has 47 heavy (non-hydrogen) atoms. The van der Waals surface area contributed by atoms with Crippen molar-refractivity contribution in [3.05, 3.63) is 141 Å². The Morgan fingerprint density at radius 3 is 1.21 bits per heavy atom. The van der Waals surface area contributed by atoms with Gasteiger partial charge in [-0.15, -0.1) is 0 Å². The number of hydrogen-bond acceptors (Lipinski definition) is 4. The van der Waals surface area contributed by atoms with Crippen molar-refractivity contribution in [2.75, 3.05) is 0 Å². The maximum absolute atomic E-state index is 15.3. The van der Waals surface area contributed by atoms with Gasteiger partial charge in [-0.25, -0.2) is 9.97 Å². The summed E-state index contributed by atoms with van der Waals surface area (Å²) in [7, 11) is 0. The number of rotatable bonds is 6. The molecule has 0 bridgehead atoms. The van der Waals surface area contributed by atoms with E-state index in [4.69, 9.17) is 33.2 Å². The summed E-state index contributed by atoms with van der Waals surface area (Å²) in [6.45, 7) is 12.2. The van der Waals surface area contributed by atoms with Gasteiger partial charge in [-0.05, 0) is 135 Å². The normalized spacial score (nSPS) is 11.6. The first kappa shape index (κ1) is 32.4. The second-order valence-corrected chi connectivity index (χ2v) is 13.1. The van der Waals surface area contributed by atoms with Crippen molar-refractivity contribution in [2.45, 2.75) is 47.0 Å². The van der Waals surface area contributed by atoms with Crippen LogP contribution in [-0.4, -0.2) is 19.9 Å². The number of aromatic nitrogens is 4. The lowest BCUT2D eigenvalue weighted by Crippen LogP contribution is -2.23. The zero-order valence-corrected chi connectivity index (χ0v) is 28.4. The molecule has 0 radical (unpaired) electrons. The molecule has 0 saturated heterocycles. The van der Waals surface area contributed by atoms with E-state index in [-0.39, 0.29) is 21.4 Å². The van der Waals surface area contributed by atoms with E-state index >= 15 is 8.78 Å². The molecule has 2 aromatic carbocycles. The number of hydrogen-bond donors (Lipinski definition) is 0. The molecular weight excluding hydrogens is 633 g/mol. The van der Waals surface area contributed by atoms with Gasteiger partial charge in [-0.3, -0.25) is 9.97 Å². The Morgan fingerprint density at radius 1 is 0.511 bits per heavy atom. The first-order chi connectivity index (χ1) is 22.3. The number of benzene rings is 2. The monoisotopic (exact) mass is 664 g/mol. The highest BCUT2D eigenvalue weighted by atomic mass is 35.5. The summed E-state index contributed by atoms with van der Waals surface area (Å²) in [6, 6.07) is 26.3. The summed E-state index contributed by atoms with van der Waals surface area (Å²) < 4.78 is 30.6. The summed E-state index contributed by atoms with van der Waals surface area (Å²) in [5.74, 6) is -1.42. The highest BCUT2D eigenvalue weighted by Crippen LogP contribution is 2.40. The molecule has 0 fully saturated rings. The Kier molecular flexibility index (Phi) is 8.68. The van der Waals surface area contributed by atoms with E-state index in [0.29, 0.717) is 22.8 Å². The van der Waals surface area contributed by atoms with E-state index < -0.39 is 17.3 Å². The third-order valence-corrected chi connectivity index (χ3v) is 9.07. The molecule has 0 aliphatic heterocycles. The van der Waals surface area contributed by atoms with Crippen LogP contribution in [0.25, 0.3) is 44.8 Å². The fraction of sp³-hybridized carbons (Fsp3) is 0.179. The molecule has 4 heterocycles. The van der Waals surface area contributed by atoms with Gasteiger partial charge in [0.05, 0.1) is 33.9 Å². The number of pyridine rings is 4. The standard InChI is InChI=1S/C39H32Cl2F2N4/c1-21-9-7-10-22(2)35(21)25-17-29(27-13-15-33(40)46-37(27)42)44-31(19-25)39(5,6)32-20-26(36-23(3)11-8-12-24(36)4)18-30(45-32)28-14-16-34(41)47-38(28)43/h7-20H,1-6H3. The number of halogens is 4. The van der Waals surface area contributed by atoms with Crippen LogP contribution in [0.5, 0.6) is 0 Å². The molecular formula is C39H32Cl2F2N4. The minimum atomic E-state index is -0.838. The molecule has 0 atom stereocenters. The lowest BCUT2D eigenvalue weighted by Gasteiger charge is -2.27. The molecule has 8 heteroatoms. The van der Waals surface area contributed by atoms with Crippen LogP contribution in [0.4, 0.5) is 8.78 Å². The fourth-order valence-electron chi connectivity index (χ4n) is 6.14. The summed E-state index contributed by atoms with van der Waals surface area (Å²) in [4.78, 5) is 17.8. The molecule has 6 rings (SSSR count). The van der Waals surface area contributed by atoms with Crippen molar-refractivity contribution >= 4 is 23.2 Å². The van der Waals surface area contributed by atoms with Gasteiger partial charge in [-0.1, -0.05) is 59.6 Å². The van der Waals surface area contributed by atoms with E-state index in [9.17, 15) is 0 Å². The SMILES string of the molecule is Cc1cccc(C)c1-c1cc(-c2ccc(Cl)nc2F)nc(C(C)(C)c2cc(-c3c(C)cccc3C)cc(-c3ccc(Cl)nc3F)n2)c1. The highest BCUT2D eigenvalue weighted by molar-refractivity contribution is 6.29. The van der Waals surface area contributed by atoms with Gasteiger partial charge >= 0.3 is 0 Å². The largest absolute Gasteiger partial charge is 0.252 e. The van der Waals surface area contributed by atoms with Crippen molar-refractivity contribution in [1.29, 1.82) is 0 Å². The van der Waals surface area contributed by atoms with Crippen LogP contribution < -0.4 is 0 Å². The number of nitrogens with zero attached hydrogens (tertiary/aromatic N) is 4. The summed E-state index contributed by atoms with van der Waals surface area (Å²) in [5.41, 5.74) is 9.84. The Labute approximate surface area is 283 Å². The minimum absolute atomic E-state index is 0.0571. The molecule has 0 aliphatic rings. The zero-order chi connectivity index (χ0) is 33.6. The van der Waals surface area contributed by atoms with Crippen molar-refractivity contribution in [1.82, 2.24) is 19.9 Å². The van der Waals surface area contributed by atoms with E-state index in [1.54, 1.807) is 24.3 Å². The van der Waals surface area contributed by atoms with Gasteiger partial charge in [0.15, 0.2) is 0 Å². The molecule has 6 aromatic rings. The molecule has 0 unspecified atom stereocenters. The average Bonchev–Trinajstić information content (AvgIpc) is 3.00. The predicted molar refractivity (Wildman–Crippen MR) is 187 cm³/mol. The van der Waals surface area contributed by atoms with Crippen LogP contribution in [0.3, 0.4) is 0 Å². The third-order valence-electron chi connectivity index (χ3n) is 8.65. The van der Waals surface area contributed by atoms with Crippen LogP contribution in [-0.2, 0) is 5.41 Å². The van der Waals surface area contributed by atoms with Gasteiger partial charge in [0.2, 0.25) is 11.9 Å². The van der Waals surface area contributed by atoms with E-state index in [0.717, 1.165) is 44.5 Å². The maximum atomic E-state index is 15.3. The average molecular weight is 666 g/mol. The van der Waals surface area contributed by atoms with Gasteiger partial charge in [0, 0.05) is 5.41 Å². The van der Waals surface area contributed by atoms with Crippen LogP contribution in [0, 0.1) is 39.6 Å². The van der Waals surface area contributed by atoms with E-state index in [1.807, 2.05) is 102 Å². The molecule has 0 amide bonds. The van der Waals surface area contributed by atoms with Crippen molar-refractivity contribution < 1.29 is 8.78 Å². The zero-order valence-electron chi connectivity index (χ0n) is 26.9. The van der Waals surface area contributed by atoms with Crippen molar-refractivity contribution in [3.63, 3.8) is 0 Å². The molecule has 0 spiro atoms. The van der Waals surface area contributed by atoms with Crippen molar-refractivity contribution in [3.8, 4) is 44.8 Å². The molecule has 0 aliphatic carbocycles.